The number of hydrogen-bond donors (Lipinski definition) is 2. The van der Waals surface area contributed by atoms with E-state index in [1.54, 1.807) is 0 Å². The van der Waals surface area contributed by atoms with Gasteiger partial charge in [-0.1, -0.05) is 26.2 Å². The predicted molar refractivity (Wildman–Crippen MR) is 81.8 cm³/mol. The Morgan fingerprint density at radius 3 is 2.32 bits per heavy atom. The highest BCUT2D eigenvalue weighted by molar-refractivity contribution is 7.80. The molecule has 1 aliphatic carbocycles. The molecule has 19 heavy (non-hydrogen) atoms. The largest absolute Gasteiger partial charge is 0.352 e. The van der Waals surface area contributed by atoms with Crippen LogP contribution < -0.4 is 5.32 Å². The fraction of sp³-hybridized carbons (Fsp3) is 0.562. The standard InChI is InChI=1S/C16H23NOS/c1-2-12-3-5-13(6-4-12)11-17-16(18)14-7-9-15(19)10-8-14/h7-10,12-13,19H,2-6,11H2,1H3,(H,17,18). The van der Waals surface area contributed by atoms with Crippen molar-refractivity contribution in [3.8, 4) is 0 Å². The van der Waals surface area contributed by atoms with Crippen LogP contribution >= 0.6 is 12.6 Å². The quantitative estimate of drug-likeness (QED) is 0.802. The maximum Gasteiger partial charge on any atom is 0.251 e. The Kier molecular flexibility index (Phi) is 5.32. The fourth-order valence-corrected chi connectivity index (χ4v) is 2.94. The Morgan fingerprint density at radius 1 is 1.16 bits per heavy atom. The van der Waals surface area contributed by atoms with E-state index in [2.05, 4.69) is 24.9 Å². The summed E-state index contributed by atoms with van der Waals surface area (Å²) in [5, 5.41) is 3.06. The van der Waals surface area contributed by atoms with E-state index >= 15 is 0 Å². The molecule has 1 N–H and O–H groups in total. The highest BCUT2D eigenvalue weighted by atomic mass is 32.1. The van der Waals surface area contributed by atoms with Crippen molar-refractivity contribution in [1.82, 2.24) is 5.32 Å². The van der Waals surface area contributed by atoms with Crippen molar-refractivity contribution in [3.05, 3.63) is 29.8 Å². The van der Waals surface area contributed by atoms with Gasteiger partial charge in [-0.2, -0.15) is 0 Å². The maximum absolute atomic E-state index is 12.0. The highest BCUT2D eigenvalue weighted by Crippen LogP contribution is 2.30. The van der Waals surface area contributed by atoms with Crippen LogP contribution in [0.25, 0.3) is 0 Å². The summed E-state index contributed by atoms with van der Waals surface area (Å²) in [5.74, 6) is 1.61. The van der Waals surface area contributed by atoms with Gasteiger partial charge in [0, 0.05) is 17.0 Å². The third kappa shape index (κ3) is 4.27. The first-order valence-electron chi connectivity index (χ1n) is 7.26. The summed E-state index contributed by atoms with van der Waals surface area (Å²) < 4.78 is 0. The lowest BCUT2D eigenvalue weighted by Crippen LogP contribution is -2.31. The van der Waals surface area contributed by atoms with Gasteiger partial charge in [0.2, 0.25) is 0 Å². The van der Waals surface area contributed by atoms with Crippen LogP contribution in [0.1, 0.15) is 49.4 Å². The number of benzene rings is 1. The van der Waals surface area contributed by atoms with Crippen molar-refractivity contribution in [3.63, 3.8) is 0 Å². The average molecular weight is 277 g/mol. The van der Waals surface area contributed by atoms with E-state index < -0.39 is 0 Å². The number of amides is 1. The first kappa shape index (κ1) is 14.4. The molecule has 2 nitrogen and oxygen atoms in total. The fourth-order valence-electron chi connectivity index (χ4n) is 2.80. The normalized spacial score (nSPS) is 23.1. The molecule has 1 fully saturated rings. The molecule has 1 saturated carbocycles. The molecule has 1 aromatic carbocycles. The highest BCUT2D eigenvalue weighted by Gasteiger charge is 2.20. The lowest BCUT2D eigenvalue weighted by Gasteiger charge is -2.27. The second kappa shape index (κ2) is 6.99. The second-order valence-electron chi connectivity index (χ2n) is 5.55. The van der Waals surface area contributed by atoms with E-state index in [0.717, 1.165) is 22.9 Å². The van der Waals surface area contributed by atoms with Crippen molar-refractivity contribution in [2.75, 3.05) is 6.54 Å². The van der Waals surface area contributed by atoms with Crippen LogP contribution in [-0.4, -0.2) is 12.5 Å². The molecule has 0 unspecified atom stereocenters. The van der Waals surface area contributed by atoms with Gasteiger partial charge in [-0.05, 0) is 48.9 Å². The van der Waals surface area contributed by atoms with Crippen molar-refractivity contribution in [1.29, 1.82) is 0 Å². The molecule has 1 aromatic rings. The molecule has 0 spiro atoms. The van der Waals surface area contributed by atoms with Gasteiger partial charge in [0.15, 0.2) is 0 Å². The first-order valence-corrected chi connectivity index (χ1v) is 7.71. The zero-order valence-corrected chi connectivity index (χ0v) is 12.5. The van der Waals surface area contributed by atoms with Crippen LogP contribution in [-0.2, 0) is 0 Å². The number of carbonyl (C=O) groups excluding carboxylic acids is 1. The molecule has 0 saturated heterocycles. The van der Waals surface area contributed by atoms with Gasteiger partial charge in [0.1, 0.15) is 0 Å². The summed E-state index contributed by atoms with van der Waals surface area (Å²) >= 11 is 4.22. The lowest BCUT2D eigenvalue weighted by molar-refractivity contribution is 0.0941. The number of rotatable bonds is 4. The van der Waals surface area contributed by atoms with Gasteiger partial charge in [-0.25, -0.2) is 0 Å². The second-order valence-corrected chi connectivity index (χ2v) is 6.07. The molecule has 0 atom stereocenters. The molecule has 1 amide bonds. The van der Waals surface area contributed by atoms with E-state index in [0.29, 0.717) is 5.92 Å². The van der Waals surface area contributed by atoms with E-state index in [1.165, 1.54) is 32.1 Å². The number of hydrogen-bond acceptors (Lipinski definition) is 2. The monoisotopic (exact) mass is 277 g/mol. The van der Waals surface area contributed by atoms with Gasteiger partial charge in [-0.15, -0.1) is 12.6 Å². The van der Waals surface area contributed by atoms with Crippen LogP contribution in [0.15, 0.2) is 29.2 Å². The molecule has 0 aromatic heterocycles. The SMILES string of the molecule is CCC1CCC(CNC(=O)c2ccc(S)cc2)CC1. The summed E-state index contributed by atoms with van der Waals surface area (Å²) in [5.41, 5.74) is 0.722. The van der Waals surface area contributed by atoms with Crippen LogP contribution in [0.3, 0.4) is 0 Å². The zero-order chi connectivity index (χ0) is 13.7. The molecule has 2 rings (SSSR count). The van der Waals surface area contributed by atoms with E-state index in [1.807, 2.05) is 24.3 Å². The van der Waals surface area contributed by atoms with Gasteiger partial charge in [0.05, 0.1) is 0 Å². The lowest BCUT2D eigenvalue weighted by atomic mass is 9.81. The summed E-state index contributed by atoms with van der Waals surface area (Å²) in [6.07, 6.45) is 6.47. The van der Waals surface area contributed by atoms with Gasteiger partial charge >= 0.3 is 0 Å². The molecule has 104 valence electrons. The van der Waals surface area contributed by atoms with Gasteiger partial charge < -0.3 is 5.32 Å². The smallest absolute Gasteiger partial charge is 0.251 e. The maximum atomic E-state index is 12.0. The Hall–Kier alpha value is -0.960. The molecule has 1 aliphatic rings. The topological polar surface area (TPSA) is 29.1 Å². The minimum absolute atomic E-state index is 0.0333. The molecule has 0 heterocycles. The number of nitrogens with one attached hydrogen (secondary N) is 1. The van der Waals surface area contributed by atoms with Crippen LogP contribution in [0.2, 0.25) is 0 Å². The summed E-state index contributed by atoms with van der Waals surface area (Å²) in [7, 11) is 0. The summed E-state index contributed by atoms with van der Waals surface area (Å²) in [4.78, 5) is 12.9. The third-order valence-electron chi connectivity index (χ3n) is 4.22. The minimum Gasteiger partial charge on any atom is -0.352 e. The minimum atomic E-state index is 0.0333. The molecule has 3 heteroatoms. The van der Waals surface area contributed by atoms with Crippen molar-refractivity contribution >= 4 is 18.5 Å². The predicted octanol–water partition coefficient (Wildman–Crippen LogP) is 3.92. The van der Waals surface area contributed by atoms with Crippen molar-refractivity contribution < 1.29 is 4.79 Å². The van der Waals surface area contributed by atoms with Crippen LogP contribution in [0.4, 0.5) is 0 Å². The number of carbonyl (C=O) groups is 1. The summed E-state index contributed by atoms with van der Waals surface area (Å²) in [6, 6.07) is 7.35. The van der Waals surface area contributed by atoms with Crippen LogP contribution in [0.5, 0.6) is 0 Å². The first-order chi connectivity index (χ1) is 9.19. The third-order valence-corrected chi connectivity index (χ3v) is 4.52. The molecule has 0 aliphatic heterocycles. The Morgan fingerprint density at radius 2 is 1.74 bits per heavy atom. The Bertz CT molecular complexity index is 407. The number of thiol groups is 1. The molecule has 0 bridgehead atoms. The Labute approximate surface area is 121 Å². The van der Waals surface area contributed by atoms with Gasteiger partial charge in [0.25, 0.3) is 5.91 Å². The zero-order valence-electron chi connectivity index (χ0n) is 11.6. The molecule has 0 radical (unpaired) electrons. The Balaban J connectivity index is 1.76. The summed E-state index contributed by atoms with van der Waals surface area (Å²) in [6.45, 7) is 3.09. The van der Waals surface area contributed by atoms with Crippen molar-refractivity contribution in [2.45, 2.75) is 43.9 Å². The van der Waals surface area contributed by atoms with E-state index in [9.17, 15) is 4.79 Å². The average Bonchev–Trinajstić information content (AvgIpc) is 2.46. The van der Waals surface area contributed by atoms with Gasteiger partial charge in [-0.3, -0.25) is 4.79 Å². The molecular weight excluding hydrogens is 254 g/mol. The van der Waals surface area contributed by atoms with Crippen molar-refractivity contribution in [2.24, 2.45) is 11.8 Å². The van der Waals surface area contributed by atoms with Crippen LogP contribution in [0, 0.1) is 11.8 Å². The van der Waals surface area contributed by atoms with E-state index in [-0.39, 0.29) is 5.91 Å². The van der Waals surface area contributed by atoms with E-state index in [4.69, 9.17) is 0 Å². The molecular formula is C16H23NOS.